The van der Waals surface area contributed by atoms with Crippen molar-refractivity contribution in [2.45, 2.75) is 39.0 Å². The smallest absolute Gasteiger partial charge is 0.0199 e. The van der Waals surface area contributed by atoms with Gasteiger partial charge < -0.3 is 0 Å². The average Bonchev–Trinajstić information content (AvgIpc) is 2.60. The second kappa shape index (κ2) is 3.00. The van der Waals surface area contributed by atoms with E-state index in [0.717, 1.165) is 17.8 Å². The lowest BCUT2D eigenvalue weighted by molar-refractivity contribution is 0.402. The Bertz CT molecular complexity index is 157. The maximum absolute atomic E-state index is 2.47. The zero-order chi connectivity index (χ0) is 7.68. The van der Waals surface area contributed by atoms with Crippen molar-refractivity contribution in [1.82, 2.24) is 0 Å². The van der Waals surface area contributed by atoms with Gasteiger partial charge in [-0.2, -0.15) is 0 Å². The number of hydrogen-bond acceptors (Lipinski definition) is 0. The first-order valence-electron chi connectivity index (χ1n) is 5.08. The van der Waals surface area contributed by atoms with Crippen molar-refractivity contribution >= 4 is 0 Å². The van der Waals surface area contributed by atoms with Gasteiger partial charge >= 0.3 is 0 Å². The third-order valence-electron chi connectivity index (χ3n) is 3.34. The topological polar surface area (TPSA) is 0 Å². The van der Waals surface area contributed by atoms with Crippen LogP contribution in [-0.4, -0.2) is 0 Å². The minimum Gasteiger partial charge on any atom is -0.0851 e. The second-order valence-electron chi connectivity index (χ2n) is 4.18. The lowest BCUT2D eigenvalue weighted by atomic mass is 9.89. The Kier molecular flexibility index (Phi) is 2.02. The van der Waals surface area contributed by atoms with E-state index >= 15 is 0 Å². The molecule has 11 heavy (non-hydrogen) atoms. The fourth-order valence-corrected chi connectivity index (χ4v) is 2.69. The molecule has 2 bridgehead atoms. The Morgan fingerprint density at radius 2 is 2.18 bits per heavy atom. The highest BCUT2D eigenvalue weighted by Crippen LogP contribution is 2.45. The normalized spacial score (nSPS) is 40.3. The summed E-state index contributed by atoms with van der Waals surface area (Å²) >= 11 is 0. The van der Waals surface area contributed by atoms with Gasteiger partial charge in [0.2, 0.25) is 0 Å². The molecule has 0 amide bonds. The molecular weight excluding hydrogens is 132 g/mol. The molecule has 2 aliphatic rings. The first-order chi connectivity index (χ1) is 5.40. The summed E-state index contributed by atoms with van der Waals surface area (Å²) in [5, 5.41) is 0. The van der Waals surface area contributed by atoms with Crippen LogP contribution in [0.2, 0.25) is 0 Å². The average molecular weight is 150 g/mol. The number of allylic oxidation sites excluding steroid dienone is 2. The number of unbranched alkanes of at least 4 members (excludes halogenated alkanes) is 1. The largest absolute Gasteiger partial charge is 0.0851 e. The molecule has 0 N–H and O–H groups in total. The number of hydrogen-bond donors (Lipinski definition) is 0. The summed E-state index contributed by atoms with van der Waals surface area (Å²) in [6.45, 7) is 2.29. The second-order valence-corrected chi connectivity index (χ2v) is 4.18. The fraction of sp³-hybridized carbons (Fsp3) is 0.818. The van der Waals surface area contributed by atoms with Crippen molar-refractivity contribution in [2.75, 3.05) is 0 Å². The molecule has 2 rings (SSSR count). The Balaban J connectivity index is 1.84. The summed E-state index contributed by atoms with van der Waals surface area (Å²) < 4.78 is 0. The molecule has 0 nitrogen and oxygen atoms in total. The van der Waals surface area contributed by atoms with E-state index in [1.54, 1.807) is 0 Å². The van der Waals surface area contributed by atoms with Gasteiger partial charge in [-0.25, -0.2) is 0 Å². The van der Waals surface area contributed by atoms with Crippen molar-refractivity contribution in [3.05, 3.63) is 12.2 Å². The molecule has 0 aromatic heterocycles. The monoisotopic (exact) mass is 150 g/mol. The van der Waals surface area contributed by atoms with E-state index in [9.17, 15) is 0 Å². The van der Waals surface area contributed by atoms with Gasteiger partial charge in [-0.1, -0.05) is 31.9 Å². The van der Waals surface area contributed by atoms with Crippen LogP contribution in [0, 0.1) is 17.8 Å². The van der Waals surface area contributed by atoms with E-state index < -0.39 is 0 Å². The zero-order valence-electron chi connectivity index (χ0n) is 7.42. The number of rotatable bonds is 3. The Labute approximate surface area is 69.7 Å². The van der Waals surface area contributed by atoms with Gasteiger partial charge in [0.1, 0.15) is 0 Å². The summed E-state index contributed by atoms with van der Waals surface area (Å²) in [7, 11) is 0. The van der Waals surface area contributed by atoms with Crippen LogP contribution >= 0.6 is 0 Å². The molecule has 62 valence electrons. The molecular formula is C11H18. The maximum Gasteiger partial charge on any atom is -0.0199 e. The fourth-order valence-electron chi connectivity index (χ4n) is 2.69. The van der Waals surface area contributed by atoms with E-state index in [-0.39, 0.29) is 0 Å². The molecule has 0 aromatic carbocycles. The van der Waals surface area contributed by atoms with Crippen molar-refractivity contribution < 1.29 is 0 Å². The molecule has 0 heteroatoms. The predicted octanol–water partition coefficient (Wildman–Crippen LogP) is 3.39. The third kappa shape index (κ3) is 1.36. The summed E-state index contributed by atoms with van der Waals surface area (Å²) in [5.74, 6) is 3.01. The van der Waals surface area contributed by atoms with Crippen molar-refractivity contribution in [2.24, 2.45) is 17.8 Å². The third-order valence-corrected chi connectivity index (χ3v) is 3.34. The van der Waals surface area contributed by atoms with Crippen LogP contribution in [-0.2, 0) is 0 Å². The van der Waals surface area contributed by atoms with E-state index in [1.165, 1.54) is 32.1 Å². The van der Waals surface area contributed by atoms with Gasteiger partial charge in [-0.3, -0.25) is 0 Å². The molecule has 1 saturated carbocycles. The standard InChI is InChI=1S/C11H18/c1-2-3-4-10-7-9-5-6-11(10)8-9/h5-6,9-11H,2-4,7-8H2,1H3/t9-,10+,11+/m1/s1. The highest BCUT2D eigenvalue weighted by Gasteiger charge is 2.34. The first-order valence-corrected chi connectivity index (χ1v) is 5.08. The minimum absolute atomic E-state index is 0.974. The van der Waals surface area contributed by atoms with Crippen LogP contribution in [0.5, 0.6) is 0 Å². The van der Waals surface area contributed by atoms with Crippen LogP contribution in [0.1, 0.15) is 39.0 Å². The Morgan fingerprint density at radius 1 is 1.27 bits per heavy atom. The maximum atomic E-state index is 2.47. The van der Waals surface area contributed by atoms with Gasteiger partial charge in [-0.15, -0.1) is 0 Å². The number of fused-ring (bicyclic) bond motifs is 2. The quantitative estimate of drug-likeness (QED) is 0.541. The van der Waals surface area contributed by atoms with Crippen LogP contribution in [0.25, 0.3) is 0 Å². The summed E-state index contributed by atoms with van der Waals surface area (Å²) in [5.41, 5.74) is 0. The molecule has 0 saturated heterocycles. The Hall–Kier alpha value is -0.260. The van der Waals surface area contributed by atoms with Gasteiger partial charge in [0.05, 0.1) is 0 Å². The van der Waals surface area contributed by atoms with Crippen LogP contribution in [0.4, 0.5) is 0 Å². The molecule has 0 heterocycles. The van der Waals surface area contributed by atoms with E-state index in [1.807, 2.05) is 0 Å². The Morgan fingerprint density at radius 3 is 2.73 bits per heavy atom. The zero-order valence-corrected chi connectivity index (χ0v) is 7.42. The predicted molar refractivity (Wildman–Crippen MR) is 48.4 cm³/mol. The highest BCUT2D eigenvalue weighted by molar-refractivity contribution is 5.09. The van der Waals surface area contributed by atoms with E-state index in [4.69, 9.17) is 0 Å². The highest BCUT2D eigenvalue weighted by atomic mass is 14.4. The first kappa shape index (κ1) is 7.39. The molecule has 0 radical (unpaired) electrons. The van der Waals surface area contributed by atoms with Gasteiger partial charge in [0.15, 0.2) is 0 Å². The van der Waals surface area contributed by atoms with Crippen molar-refractivity contribution in [1.29, 1.82) is 0 Å². The lowest BCUT2D eigenvalue weighted by Gasteiger charge is -2.16. The summed E-state index contributed by atoms with van der Waals surface area (Å²) in [6.07, 6.45) is 12.2. The van der Waals surface area contributed by atoms with Gasteiger partial charge in [-0.05, 0) is 37.0 Å². The molecule has 0 unspecified atom stereocenters. The molecule has 1 fully saturated rings. The molecule has 2 aliphatic carbocycles. The van der Waals surface area contributed by atoms with E-state index in [0.29, 0.717) is 0 Å². The summed E-state index contributed by atoms with van der Waals surface area (Å²) in [6, 6.07) is 0. The van der Waals surface area contributed by atoms with Crippen molar-refractivity contribution in [3.8, 4) is 0 Å². The van der Waals surface area contributed by atoms with Gasteiger partial charge in [0, 0.05) is 0 Å². The van der Waals surface area contributed by atoms with E-state index in [2.05, 4.69) is 19.1 Å². The van der Waals surface area contributed by atoms with Gasteiger partial charge in [0.25, 0.3) is 0 Å². The van der Waals surface area contributed by atoms with Crippen LogP contribution in [0.15, 0.2) is 12.2 Å². The molecule has 0 spiro atoms. The van der Waals surface area contributed by atoms with Crippen LogP contribution in [0.3, 0.4) is 0 Å². The minimum atomic E-state index is 0.974. The molecule has 0 aliphatic heterocycles. The molecule has 3 atom stereocenters. The SMILES string of the molecule is CCCC[C@H]1C[C@H]2C=C[C@H]1C2. The van der Waals surface area contributed by atoms with Crippen LogP contribution < -0.4 is 0 Å². The molecule has 0 aromatic rings. The van der Waals surface area contributed by atoms with Crippen molar-refractivity contribution in [3.63, 3.8) is 0 Å². The summed E-state index contributed by atoms with van der Waals surface area (Å²) in [4.78, 5) is 0. The lowest BCUT2D eigenvalue weighted by Crippen LogP contribution is -2.06.